The maximum atomic E-state index is 13.7. The standard InChI is InChI=1S/C17H26BrFN2/c1-5-17(6-2)12-21(16(3,4)11-20-17)10-13-8-7-9-14(19)15(13)18/h7-9,20H,5-6,10-12H2,1-4H3. The molecule has 0 saturated carbocycles. The maximum Gasteiger partial charge on any atom is 0.137 e. The van der Waals surface area contributed by atoms with E-state index in [0.717, 1.165) is 38.0 Å². The molecule has 0 radical (unpaired) electrons. The van der Waals surface area contributed by atoms with E-state index < -0.39 is 0 Å². The predicted octanol–water partition coefficient (Wildman–Crippen LogP) is 4.33. The van der Waals surface area contributed by atoms with Gasteiger partial charge in [0.05, 0.1) is 4.47 Å². The normalized spacial score (nSPS) is 21.4. The molecule has 1 aromatic carbocycles. The second kappa shape index (κ2) is 6.35. The number of nitrogens with one attached hydrogen (secondary N) is 1. The lowest BCUT2D eigenvalue weighted by Crippen LogP contribution is -2.67. The molecule has 0 bridgehead atoms. The van der Waals surface area contributed by atoms with Crippen LogP contribution >= 0.6 is 15.9 Å². The summed E-state index contributed by atoms with van der Waals surface area (Å²) < 4.78 is 14.3. The van der Waals surface area contributed by atoms with Crippen LogP contribution in [0.3, 0.4) is 0 Å². The molecule has 1 fully saturated rings. The molecule has 0 spiro atoms. The van der Waals surface area contributed by atoms with Gasteiger partial charge in [0.2, 0.25) is 0 Å². The zero-order valence-electron chi connectivity index (χ0n) is 13.5. The minimum atomic E-state index is -0.183. The van der Waals surface area contributed by atoms with E-state index in [9.17, 15) is 4.39 Å². The van der Waals surface area contributed by atoms with Crippen molar-refractivity contribution in [2.75, 3.05) is 13.1 Å². The Hall–Kier alpha value is -0.450. The fourth-order valence-corrected chi connectivity index (χ4v) is 3.41. The molecule has 118 valence electrons. The molecule has 21 heavy (non-hydrogen) atoms. The number of nitrogens with zero attached hydrogens (tertiary/aromatic N) is 1. The maximum absolute atomic E-state index is 13.7. The van der Waals surface area contributed by atoms with Crippen molar-refractivity contribution >= 4 is 15.9 Å². The Labute approximate surface area is 136 Å². The Morgan fingerprint density at radius 2 is 1.95 bits per heavy atom. The van der Waals surface area contributed by atoms with Crippen LogP contribution < -0.4 is 5.32 Å². The Morgan fingerprint density at radius 1 is 1.29 bits per heavy atom. The molecule has 1 aromatic rings. The van der Waals surface area contributed by atoms with Crippen LogP contribution in [0.15, 0.2) is 22.7 Å². The Bertz CT molecular complexity index is 498. The molecule has 4 heteroatoms. The molecule has 0 aliphatic carbocycles. The van der Waals surface area contributed by atoms with Crippen LogP contribution in [0.5, 0.6) is 0 Å². The van der Waals surface area contributed by atoms with E-state index in [2.05, 4.69) is 53.8 Å². The number of hydrogen-bond acceptors (Lipinski definition) is 2. The summed E-state index contributed by atoms with van der Waals surface area (Å²) >= 11 is 3.39. The third-order valence-corrected chi connectivity index (χ3v) is 5.88. The number of hydrogen-bond donors (Lipinski definition) is 1. The van der Waals surface area contributed by atoms with Crippen LogP contribution in [0.1, 0.15) is 46.1 Å². The molecule has 2 rings (SSSR count). The van der Waals surface area contributed by atoms with Gasteiger partial charge < -0.3 is 5.32 Å². The molecule has 1 aliphatic heterocycles. The lowest BCUT2D eigenvalue weighted by Gasteiger charge is -2.52. The first-order valence-electron chi connectivity index (χ1n) is 7.76. The van der Waals surface area contributed by atoms with E-state index in [1.807, 2.05) is 6.07 Å². The van der Waals surface area contributed by atoms with Crippen molar-refractivity contribution < 1.29 is 4.39 Å². The molecule has 1 N–H and O–H groups in total. The average molecular weight is 357 g/mol. The van der Waals surface area contributed by atoms with Crippen LogP contribution in [0.4, 0.5) is 4.39 Å². The van der Waals surface area contributed by atoms with Crippen LogP contribution in [0.25, 0.3) is 0 Å². The van der Waals surface area contributed by atoms with Crippen molar-refractivity contribution in [1.29, 1.82) is 0 Å². The zero-order valence-corrected chi connectivity index (χ0v) is 15.1. The van der Waals surface area contributed by atoms with Gasteiger partial charge in [0.25, 0.3) is 0 Å². The summed E-state index contributed by atoms with van der Waals surface area (Å²) in [5.74, 6) is -0.183. The summed E-state index contributed by atoms with van der Waals surface area (Å²) in [4.78, 5) is 2.48. The average Bonchev–Trinajstić information content (AvgIpc) is 2.46. The smallest absolute Gasteiger partial charge is 0.137 e. The highest BCUT2D eigenvalue weighted by Crippen LogP contribution is 2.31. The monoisotopic (exact) mass is 356 g/mol. The lowest BCUT2D eigenvalue weighted by molar-refractivity contribution is 0.0159. The predicted molar refractivity (Wildman–Crippen MR) is 89.9 cm³/mol. The van der Waals surface area contributed by atoms with E-state index >= 15 is 0 Å². The van der Waals surface area contributed by atoms with Crippen molar-refractivity contribution in [3.63, 3.8) is 0 Å². The number of rotatable bonds is 4. The Morgan fingerprint density at radius 3 is 2.57 bits per heavy atom. The second-order valence-electron chi connectivity index (χ2n) is 6.72. The fraction of sp³-hybridized carbons (Fsp3) is 0.647. The summed E-state index contributed by atoms with van der Waals surface area (Å²) in [6.45, 7) is 11.7. The van der Waals surface area contributed by atoms with Crippen LogP contribution in [0.2, 0.25) is 0 Å². The van der Waals surface area contributed by atoms with Gasteiger partial charge in [-0.05, 0) is 54.2 Å². The van der Waals surface area contributed by atoms with Gasteiger partial charge in [-0.2, -0.15) is 0 Å². The highest BCUT2D eigenvalue weighted by Gasteiger charge is 2.40. The SMILES string of the molecule is CCC1(CC)CN(Cc2cccc(F)c2Br)C(C)(C)CN1. The quantitative estimate of drug-likeness (QED) is 0.863. The molecule has 1 saturated heterocycles. The van der Waals surface area contributed by atoms with Crippen LogP contribution in [0, 0.1) is 5.82 Å². The first-order valence-corrected chi connectivity index (χ1v) is 8.56. The molecule has 0 unspecified atom stereocenters. The highest BCUT2D eigenvalue weighted by molar-refractivity contribution is 9.10. The number of benzene rings is 1. The third kappa shape index (κ3) is 3.49. The molecular weight excluding hydrogens is 331 g/mol. The molecule has 0 amide bonds. The summed E-state index contributed by atoms with van der Waals surface area (Å²) in [7, 11) is 0. The van der Waals surface area contributed by atoms with Crippen molar-refractivity contribution in [3.05, 3.63) is 34.1 Å². The van der Waals surface area contributed by atoms with Gasteiger partial charge in [-0.1, -0.05) is 26.0 Å². The van der Waals surface area contributed by atoms with E-state index in [1.165, 1.54) is 6.07 Å². The first-order chi connectivity index (χ1) is 9.83. The fourth-order valence-electron chi connectivity index (χ4n) is 3.02. The van der Waals surface area contributed by atoms with Crippen molar-refractivity contribution in [1.82, 2.24) is 10.2 Å². The summed E-state index contributed by atoms with van der Waals surface area (Å²) in [5, 5.41) is 3.74. The van der Waals surface area contributed by atoms with Gasteiger partial charge in [-0.3, -0.25) is 4.90 Å². The van der Waals surface area contributed by atoms with E-state index in [-0.39, 0.29) is 16.9 Å². The highest BCUT2D eigenvalue weighted by atomic mass is 79.9. The Balaban J connectivity index is 2.24. The van der Waals surface area contributed by atoms with Gasteiger partial charge in [0.15, 0.2) is 0 Å². The molecule has 2 nitrogen and oxygen atoms in total. The van der Waals surface area contributed by atoms with Crippen molar-refractivity contribution in [3.8, 4) is 0 Å². The Kier molecular flexibility index (Phi) is 5.11. The summed E-state index contributed by atoms with van der Waals surface area (Å²) in [6.07, 6.45) is 2.22. The van der Waals surface area contributed by atoms with E-state index in [0.29, 0.717) is 4.47 Å². The zero-order chi connectivity index (χ0) is 15.7. The third-order valence-electron chi connectivity index (χ3n) is 4.99. The largest absolute Gasteiger partial charge is 0.308 e. The van der Waals surface area contributed by atoms with Gasteiger partial charge >= 0.3 is 0 Å². The van der Waals surface area contributed by atoms with Crippen LogP contribution in [-0.2, 0) is 6.54 Å². The molecule has 0 atom stereocenters. The second-order valence-corrected chi connectivity index (χ2v) is 7.52. The first kappa shape index (κ1) is 16.9. The lowest BCUT2D eigenvalue weighted by atomic mass is 9.84. The van der Waals surface area contributed by atoms with E-state index in [4.69, 9.17) is 0 Å². The minimum Gasteiger partial charge on any atom is -0.308 e. The van der Waals surface area contributed by atoms with Gasteiger partial charge in [-0.15, -0.1) is 0 Å². The summed E-state index contributed by atoms with van der Waals surface area (Å²) in [6, 6.07) is 5.29. The molecule has 1 heterocycles. The summed E-state index contributed by atoms with van der Waals surface area (Å²) in [5.41, 5.74) is 1.26. The van der Waals surface area contributed by atoms with Crippen molar-refractivity contribution in [2.24, 2.45) is 0 Å². The minimum absolute atomic E-state index is 0.0690. The molecule has 0 aromatic heterocycles. The number of halogens is 2. The van der Waals surface area contributed by atoms with Gasteiger partial charge in [0.1, 0.15) is 5.82 Å². The topological polar surface area (TPSA) is 15.3 Å². The van der Waals surface area contributed by atoms with Gasteiger partial charge in [-0.25, -0.2) is 4.39 Å². The van der Waals surface area contributed by atoms with Crippen LogP contribution in [-0.4, -0.2) is 29.1 Å². The molecular formula is C17H26BrFN2. The number of piperazine rings is 1. The van der Waals surface area contributed by atoms with Crippen molar-refractivity contribution in [2.45, 2.75) is 58.2 Å². The molecule has 1 aliphatic rings. The van der Waals surface area contributed by atoms with Gasteiger partial charge in [0, 0.05) is 30.7 Å². The van der Waals surface area contributed by atoms with E-state index in [1.54, 1.807) is 6.07 Å².